The number of hydrogen-bond donors (Lipinski definition) is 0. The molecule has 0 bridgehead atoms. The van der Waals surface area contributed by atoms with Crippen LogP contribution in [0.4, 0.5) is 0 Å². The van der Waals surface area contributed by atoms with Gasteiger partial charge in [-0.05, 0) is 18.2 Å². The van der Waals surface area contributed by atoms with Crippen LogP contribution in [-0.2, 0) is 21.4 Å². The molecule has 0 aliphatic heterocycles. The van der Waals surface area contributed by atoms with Gasteiger partial charge in [0.25, 0.3) is 5.89 Å². The third-order valence-electron chi connectivity index (χ3n) is 3.40. The van der Waals surface area contributed by atoms with Crippen LogP contribution in [-0.4, -0.2) is 42.0 Å². The normalized spacial score (nSPS) is 11.7. The minimum absolute atomic E-state index is 0.0267. The summed E-state index contributed by atoms with van der Waals surface area (Å²) >= 11 is 6.01. The Hall–Kier alpha value is -1.97. The van der Waals surface area contributed by atoms with Crippen molar-refractivity contribution < 1.29 is 22.4 Å². The van der Waals surface area contributed by atoms with Crippen LogP contribution in [0.25, 0.3) is 0 Å². The number of halogens is 1. The molecule has 10 heteroatoms. The van der Waals surface area contributed by atoms with E-state index in [9.17, 15) is 13.2 Å². The summed E-state index contributed by atoms with van der Waals surface area (Å²) in [7, 11) is -3.71. The lowest BCUT2D eigenvalue weighted by atomic mass is 10.2. The van der Waals surface area contributed by atoms with Gasteiger partial charge < -0.3 is 9.15 Å². The van der Waals surface area contributed by atoms with E-state index >= 15 is 0 Å². The molecule has 0 radical (unpaired) electrons. The zero-order valence-electron chi connectivity index (χ0n) is 14.0. The highest BCUT2D eigenvalue weighted by Gasteiger charge is 2.24. The average molecular weight is 388 g/mol. The Kier molecular flexibility index (Phi) is 6.15. The first-order valence-corrected chi connectivity index (χ1v) is 9.37. The fourth-order valence-corrected chi connectivity index (χ4v) is 3.81. The molecule has 0 unspecified atom stereocenters. The van der Waals surface area contributed by atoms with Crippen molar-refractivity contribution in [1.29, 1.82) is 0 Å². The van der Waals surface area contributed by atoms with Crippen molar-refractivity contribution in [3.05, 3.63) is 40.6 Å². The molecule has 8 nitrogen and oxygen atoms in total. The van der Waals surface area contributed by atoms with Crippen molar-refractivity contribution in [2.75, 3.05) is 13.1 Å². The van der Waals surface area contributed by atoms with E-state index in [-0.39, 0.29) is 28.0 Å². The van der Waals surface area contributed by atoms with Crippen molar-refractivity contribution in [1.82, 2.24) is 14.5 Å². The van der Waals surface area contributed by atoms with Crippen LogP contribution >= 0.6 is 11.6 Å². The number of aromatic nitrogens is 2. The Labute approximate surface area is 150 Å². The minimum Gasteiger partial charge on any atom is -0.452 e. The molecule has 2 aromatic rings. The van der Waals surface area contributed by atoms with Gasteiger partial charge in [-0.3, -0.25) is 0 Å². The second-order valence-electron chi connectivity index (χ2n) is 5.02. The molecule has 0 aliphatic rings. The number of ether oxygens (including phenoxy) is 1. The molecule has 1 heterocycles. The molecule has 0 saturated carbocycles. The van der Waals surface area contributed by atoms with Gasteiger partial charge in [0.15, 0.2) is 6.61 Å². The predicted molar refractivity (Wildman–Crippen MR) is 89.7 cm³/mol. The number of aryl methyl sites for hydroxylation is 1. The summed E-state index contributed by atoms with van der Waals surface area (Å²) in [5.41, 5.74) is -0.0499. The van der Waals surface area contributed by atoms with E-state index in [4.69, 9.17) is 20.8 Å². The molecule has 25 heavy (non-hydrogen) atoms. The number of sulfonamides is 1. The van der Waals surface area contributed by atoms with Crippen molar-refractivity contribution in [3.8, 4) is 0 Å². The van der Waals surface area contributed by atoms with Gasteiger partial charge in [0.05, 0.1) is 15.5 Å². The van der Waals surface area contributed by atoms with E-state index in [0.717, 1.165) is 0 Å². The summed E-state index contributed by atoms with van der Waals surface area (Å²) in [5.74, 6) is -0.303. The monoisotopic (exact) mass is 387 g/mol. The van der Waals surface area contributed by atoms with Crippen LogP contribution in [0.1, 0.15) is 36.0 Å². The van der Waals surface area contributed by atoms with Crippen molar-refractivity contribution in [3.63, 3.8) is 0 Å². The number of carbonyl (C=O) groups excluding carboxylic acids is 1. The van der Waals surface area contributed by atoms with E-state index in [2.05, 4.69) is 10.2 Å². The third-order valence-corrected chi connectivity index (χ3v) is 5.77. The molecule has 0 N–H and O–H groups in total. The fourth-order valence-electron chi connectivity index (χ4n) is 2.13. The van der Waals surface area contributed by atoms with E-state index < -0.39 is 16.0 Å². The molecule has 2 rings (SSSR count). The maximum absolute atomic E-state index is 12.6. The Balaban J connectivity index is 2.24. The Morgan fingerprint density at radius 3 is 2.52 bits per heavy atom. The fraction of sp³-hybridized carbons (Fsp3) is 0.400. The quantitative estimate of drug-likeness (QED) is 0.672. The summed E-state index contributed by atoms with van der Waals surface area (Å²) in [5, 5.41) is 7.42. The highest BCUT2D eigenvalue weighted by atomic mass is 35.5. The summed E-state index contributed by atoms with van der Waals surface area (Å²) in [6.45, 7) is 5.48. The van der Waals surface area contributed by atoms with Gasteiger partial charge >= 0.3 is 5.97 Å². The maximum atomic E-state index is 12.6. The predicted octanol–water partition coefficient (Wildman–Crippen LogP) is 2.42. The summed E-state index contributed by atoms with van der Waals surface area (Å²) in [4.78, 5) is 12.2. The highest BCUT2D eigenvalue weighted by Crippen LogP contribution is 2.24. The smallest absolute Gasteiger partial charge is 0.340 e. The molecular weight excluding hydrogens is 370 g/mol. The Morgan fingerprint density at radius 1 is 1.28 bits per heavy atom. The average Bonchev–Trinajstić information content (AvgIpc) is 2.99. The van der Waals surface area contributed by atoms with Gasteiger partial charge in [0.2, 0.25) is 15.9 Å². The molecule has 136 valence electrons. The number of benzene rings is 1. The Bertz CT molecular complexity index is 862. The van der Waals surface area contributed by atoms with Crippen LogP contribution < -0.4 is 0 Å². The molecule has 1 aromatic heterocycles. The summed E-state index contributed by atoms with van der Waals surface area (Å²) < 4.78 is 36.6. The first kappa shape index (κ1) is 19.4. The number of esters is 1. The lowest BCUT2D eigenvalue weighted by molar-refractivity contribution is 0.0436. The van der Waals surface area contributed by atoms with Gasteiger partial charge in [-0.15, -0.1) is 10.2 Å². The largest absolute Gasteiger partial charge is 0.452 e. The van der Waals surface area contributed by atoms with E-state index in [1.165, 1.54) is 22.5 Å². The number of hydrogen-bond acceptors (Lipinski definition) is 7. The number of nitrogens with zero attached hydrogens (tertiary/aromatic N) is 3. The molecule has 0 atom stereocenters. The summed E-state index contributed by atoms with van der Waals surface area (Å²) in [6, 6.07) is 3.91. The standard InChI is InChI=1S/C15H18ClN3O5S/c1-4-19(5-2)25(21,22)11-6-7-13(16)12(8-11)15(20)23-9-14-18-17-10(3)24-14/h6-8H,4-5,9H2,1-3H3. The molecular formula is C15H18ClN3O5S. The topological polar surface area (TPSA) is 103 Å². The number of carbonyl (C=O) groups is 1. The number of rotatable bonds is 7. The first-order valence-electron chi connectivity index (χ1n) is 7.55. The maximum Gasteiger partial charge on any atom is 0.340 e. The lowest BCUT2D eigenvalue weighted by Gasteiger charge is -2.18. The van der Waals surface area contributed by atoms with Crippen molar-refractivity contribution in [2.45, 2.75) is 32.3 Å². The first-order chi connectivity index (χ1) is 11.8. The molecule has 0 spiro atoms. The zero-order valence-corrected chi connectivity index (χ0v) is 15.6. The van der Waals surface area contributed by atoms with Crippen molar-refractivity contribution in [2.24, 2.45) is 0 Å². The zero-order chi connectivity index (χ0) is 18.6. The molecule has 1 aromatic carbocycles. The van der Waals surface area contributed by atoms with Gasteiger partial charge in [-0.2, -0.15) is 4.31 Å². The molecule has 0 saturated heterocycles. The van der Waals surface area contributed by atoms with Gasteiger partial charge in [-0.25, -0.2) is 13.2 Å². The molecule has 0 fully saturated rings. The lowest BCUT2D eigenvalue weighted by Crippen LogP contribution is -2.30. The van der Waals surface area contributed by atoms with Crippen LogP contribution in [0.15, 0.2) is 27.5 Å². The van der Waals surface area contributed by atoms with Crippen LogP contribution in [0.5, 0.6) is 0 Å². The van der Waals surface area contributed by atoms with Crippen molar-refractivity contribution >= 4 is 27.6 Å². The van der Waals surface area contributed by atoms with Gasteiger partial charge in [0, 0.05) is 20.0 Å². The second-order valence-corrected chi connectivity index (χ2v) is 7.37. The minimum atomic E-state index is -3.71. The Morgan fingerprint density at radius 2 is 1.96 bits per heavy atom. The highest BCUT2D eigenvalue weighted by molar-refractivity contribution is 7.89. The van der Waals surface area contributed by atoms with Crippen LogP contribution in [0, 0.1) is 6.92 Å². The van der Waals surface area contributed by atoms with Gasteiger partial charge in [-0.1, -0.05) is 25.4 Å². The SMILES string of the molecule is CCN(CC)S(=O)(=O)c1ccc(Cl)c(C(=O)OCc2nnc(C)o2)c1. The summed E-state index contributed by atoms with van der Waals surface area (Å²) in [6.07, 6.45) is 0. The molecule has 0 aliphatic carbocycles. The van der Waals surface area contributed by atoms with E-state index in [0.29, 0.717) is 19.0 Å². The van der Waals surface area contributed by atoms with E-state index in [1.807, 2.05) is 0 Å². The third kappa shape index (κ3) is 4.36. The molecule has 0 amide bonds. The van der Waals surface area contributed by atoms with E-state index in [1.54, 1.807) is 20.8 Å². The van der Waals surface area contributed by atoms with Crippen LogP contribution in [0.3, 0.4) is 0 Å². The second kappa shape index (κ2) is 7.94. The van der Waals surface area contributed by atoms with Gasteiger partial charge in [0.1, 0.15) is 0 Å². The van der Waals surface area contributed by atoms with Crippen LogP contribution in [0.2, 0.25) is 5.02 Å².